The van der Waals surface area contributed by atoms with Gasteiger partial charge in [-0.05, 0) is 46.6 Å². The number of hydrogen-bond acceptors (Lipinski definition) is 7. The van der Waals surface area contributed by atoms with Crippen LogP contribution in [0.25, 0.3) is 11.5 Å². The number of hydrogen-bond donors (Lipinski definition) is 2. The Morgan fingerprint density at radius 2 is 2.06 bits per heavy atom. The van der Waals surface area contributed by atoms with Crippen LogP contribution in [0.4, 0.5) is 5.82 Å². The van der Waals surface area contributed by atoms with E-state index in [-0.39, 0.29) is 30.5 Å². The average Bonchev–Trinajstić information content (AvgIpc) is 2.99. The van der Waals surface area contributed by atoms with Crippen molar-refractivity contribution in [3.05, 3.63) is 29.6 Å². The molecular formula is C24H35N5O3. The summed E-state index contributed by atoms with van der Waals surface area (Å²) in [4.78, 5) is 28.4. The fourth-order valence-corrected chi connectivity index (χ4v) is 3.79. The van der Waals surface area contributed by atoms with E-state index >= 15 is 0 Å². The van der Waals surface area contributed by atoms with E-state index in [0.717, 1.165) is 29.9 Å². The van der Waals surface area contributed by atoms with Crippen LogP contribution in [-0.2, 0) is 16.6 Å². The lowest BCUT2D eigenvalue weighted by molar-refractivity contribution is -0.120. The van der Waals surface area contributed by atoms with Crippen LogP contribution in [0.15, 0.2) is 18.3 Å². The number of carbonyl (C=O) groups is 1. The first-order chi connectivity index (χ1) is 14.9. The van der Waals surface area contributed by atoms with E-state index in [2.05, 4.69) is 24.1 Å². The van der Waals surface area contributed by atoms with Crippen molar-refractivity contribution in [3.8, 4) is 17.3 Å². The van der Waals surface area contributed by atoms with Crippen molar-refractivity contribution in [1.82, 2.24) is 20.3 Å². The van der Waals surface area contributed by atoms with Gasteiger partial charge in [-0.2, -0.15) is 0 Å². The number of carbonyl (C=O) groups excluding carboxylic acids is 1. The molecular weight excluding hydrogens is 406 g/mol. The lowest BCUT2D eigenvalue weighted by Crippen LogP contribution is -2.39. The fourth-order valence-electron chi connectivity index (χ4n) is 3.79. The molecule has 2 N–H and O–H groups in total. The molecule has 174 valence electrons. The van der Waals surface area contributed by atoms with E-state index < -0.39 is 5.60 Å². The second-order valence-electron chi connectivity index (χ2n) is 10.1. The number of rotatable bonds is 8. The molecule has 0 saturated heterocycles. The molecule has 8 heteroatoms. The van der Waals surface area contributed by atoms with Gasteiger partial charge in [0.15, 0.2) is 5.82 Å². The lowest BCUT2D eigenvalue weighted by atomic mass is 9.90. The maximum atomic E-state index is 12.4. The first kappa shape index (κ1) is 23.9. The van der Waals surface area contributed by atoms with Crippen LogP contribution in [0.5, 0.6) is 5.75 Å². The number of fused-ring (bicyclic) bond motifs is 1. The van der Waals surface area contributed by atoms with E-state index in [1.807, 2.05) is 25.8 Å². The highest BCUT2D eigenvalue weighted by Crippen LogP contribution is 2.41. The highest BCUT2D eigenvalue weighted by Gasteiger charge is 2.35. The van der Waals surface area contributed by atoms with E-state index in [1.54, 1.807) is 32.2 Å². The van der Waals surface area contributed by atoms with Gasteiger partial charge in [-0.3, -0.25) is 9.78 Å². The first-order valence-electron chi connectivity index (χ1n) is 11.1. The minimum absolute atomic E-state index is 0.0474. The van der Waals surface area contributed by atoms with Crippen molar-refractivity contribution in [2.24, 2.45) is 0 Å². The van der Waals surface area contributed by atoms with Crippen molar-refractivity contribution in [2.75, 3.05) is 25.1 Å². The minimum atomic E-state index is -0.941. The fraction of sp³-hybridized carbons (Fsp3) is 0.583. The molecule has 0 spiro atoms. The zero-order valence-corrected chi connectivity index (χ0v) is 20.2. The van der Waals surface area contributed by atoms with Gasteiger partial charge in [-0.15, -0.1) is 0 Å². The lowest BCUT2D eigenvalue weighted by Gasteiger charge is -2.24. The summed E-state index contributed by atoms with van der Waals surface area (Å²) in [6, 6.07) is 3.61. The number of amides is 1. The van der Waals surface area contributed by atoms with Gasteiger partial charge in [0.05, 0.1) is 17.8 Å². The summed E-state index contributed by atoms with van der Waals surface area (Å²) in [5.41, 5.74) is 1.65. The van der Waals surface area contributed by atoms with E-state index in [9.17, 15) is 9.90 Å². The highest BCUT2D eigenvalue weighted by atomic mass is 16.5. The molecule has 8 nitrogen and oxygen atoms in total. The smallest absolute Gasteiger partial charge is 0.239 e. The molecule has 0 aliphatic heterocycles. The van der Waals surface area contributed by atoms with Crippen LogP contribution in [0.1, 0.15) is 59.2 Å². The third kappa shape index (κ3) is 5.73. The second kappa shape index (κ2) is 9.02. The van der Waals surface area contributed by atoms with Gasteiger partial charge in [0.2, 0.25) is 5.91 Å². The van der Waals surface area contributed by atoms with Gasteiger partial charge in [-0.25, -0.2) is 9.97 Å². The predicted octanol–water partition coefficient (Wildman–Crippen LogP) is 2.87. The summed E-state index contributed by atoms with van der Waals surface area (Å²) in [6.07, 6.45) is 3.49. The standard InChI is InChI=1S/C24H35N5O3/c1-15(2)26-19(30)13-29(7)22-17-8-10-23(3,4)20(17)27-21(28-22)18-12-16(9-11-25-18)32-14-24(5,6)31/h9,11-12,15,31H,8,10,13-14H2,1-7H3,(H,26,30). The van der Waals surface area contributed by atoms with Gasteiger partial charge >= 0.3 is 0 Å². The van der Waals surface area contributed by atoms with Crippen molar-refractivity contribution >= 4 is 11.7 Å². The maximum absolute atomic E-state index is 12.4. The van der Waals surface area contributed by atoms with E-state index in [1.165, 1.54) is 0 Å². The molecule has 2 aromatic rings. The Labute approximate surface area is 190 Å². The monoisotopic (exact) mass is 441 g/mol. The predicted molar refractivity (Wildman–Crippen MR) is 125 cm³/mol. The summed E-state index contributed by atoms with van der Waals surface area (Å²) in [7, 11) is 1.88. The molecule has 0 aromatic carbocycles. The van der Waals surface area contributed by atoms with Gasteiger partial charge in [-0.1, -0.05) is 13.8 Å². The summed E-state index contributed by atoms with van der Waals surface area (Å²) in [5, 5.41) is 12.9. The van der Waals surface area contributed by atoms with Crippen molar-refractivity contribution in [3.63, 3.8) is 0 Å². The number of nitrogens with one attached hydrogen (secondary N) is 1. The largest absolute Gasteiger partial charge is 0.490 e. The number of aliphatic hydroxyl groups is 1. The number of anilines is 1. The van der Waals surface area contributed by atoms with E-state index in [0.29, 0.717) is 17.3 Å². The molecule has 0 fully saturated rings. The molecule has 32 heavy (non-hydrogen) atoms. The number of pyridine rings is 1. The first-order valence-corrected chi connectivity index (χ1v) is 11.1. The third-order valence-electron chi connectivity index (χ3n) is 5.37. The van der Waals surface area contributed by atoms with Crippen LogP contribution >= 0.6 is 0 Å². The van der Waals surface area contributed by atoms with Gasteiger partial charge in [0.25, 0.3) is 0 Å². The maximum Gasteiger partial charge on any atom is 0.239 e. The molecule has 0 atom stereocenters. The van der Waals surface area contributed by atoms with Crippen LogP contribution in [0.3, 0.4) is 0 Å². The summed E-state index contributed by atoms with van der Waals surface area (Å²) < 4.78 is 5.72. The van der Waals surface area contributed by atoms with Crippen LogP contribution in [-0.4, -0.2) is 57.8 Å². The normalized spacial score (nSPS) is 14.9. The third-order valence-corrected chi connectivity index (χ3v) is 5.37. The van der Waals surface area contributed by atoms with Crippen LogP contribution < -0.4 is 15.0 Å². The number of nitrogens with zero attached hydrogens (tertiary/aromatic N) is 4. The molecule has 0 bridgehead atoms. The van der Waals surface area contributed by atoms with Gasteiger partial charge in [0, 0.05) is 36.3 Å². The topological polar surface area (TPSA) is 100 Å². The molecule has 1 amide bonds. The Hall–Kier alpha value is -2.74. The summed E-state index contributed by atoms with van der Waals surface area (Å²) in [5.74, 6) is 1.80. The Morgan fingerprint density at radius 3 is 2.72 bits per heavy atom. The van der Waals surface area contributed by atoms with E-state index in [4.69, 9.17) is 14.7 Å². The molecule has 3 rings (SSSR count). The molecule has 0 radical (unpaired) electrons. The molecule has 1 aliphatic carbocycles. The number of likely N-dealkylation sites (N-methyl/N-ethyl adjacent to an activating group) is 1. The van der Waals surface area contributed by atoms with Gasteiger partial charge < -0.3 is 20.1 Å². The molecule has 2 heterocycles. The Balaban J connectivity index is 1.98. The van der Waals surface area contributed by atoms with Gasteiger partial charge in [0.1, 0.15) is 23.9 Å². The van der Waals surface area contributed by atoms with Crippen molar-refractivity contribution < 1.29 is 14.6 Å². The second-order valence-corrected chi connectivity index (χ2v) is 10.1. The Morgan fingerprint density at radius 1 is 1.34 bits per heavy atom. The number of ether oxygens (including phenoxy) is 1. The highest BCUT2D eigenvalue weighted by molar-refractivity contribution is 5.81. The number of aromatic nitrogens is 3. The quantitative estimate of drug-likeness (QED) is 0.650. The molecule has 1 aliphatic rings. The van der Waals surface area contributed by atoms with Crippen LogP contribution in [0.2, 0.25) is 0 Å². The average molecular weight is 442 g/mol. The Bertz CT molecular complexity index is 982. The summed E-state index contributed by atoms with van der Waals surface area (Å²) in [6.45, 7) is 12.0. The SMILES string of the molecule is CC(C)NC(=O)CN(C)c1nc(-c2cc(OCC(C)(C)O)ccn2)nc2c1CCC2(C)C. The van der Waals surface area contributed by atoms with Crippen LogP contribution in [0, 0.1) is 0 Å². The molecule has 0 unspecified atom stereocenters. The minimum Gasteiger partial charge on any atom is -0.490 e. The van der Waals surface area contributed by atoms with Crippen molar-refractivity contribution in [1.29, 1.82) is 0 Å². The molecule has 0 saturated carbocycles. The summed E-state index contributed by atoms with van der Waals surface area (Å²) >= 11 is 0. The Kier molecular flexibility index (Phi) is 6.74. The zero-order chi connectivity index (χ0) is 23.7. The zero-order valence-electron chi connectivity index (χ0n) is 20.2. The van der Waals surface area contributed by atoms with Crippen molar-refractivity contribution in [2.45, 2.75) is 71.4 Å². The molecule has 2 aromatic heterocycles.